The van der Waals surface area contributed by atoms with E-state index in [9.17, 15) is 0 Å². The average Bonchev–Trinajstić information content (AvgIpc) is 2.81. The molecule has 7 heteroatoms. The van der Waals surface area contributed by atoms with E-state index in [2.05, 4.69) is 31.1 Å². The molecule has 0 saturated heterocycles. The van der Waals surface area contributed by atoms with E-state index in [4.69, 9.17) is 0 Å². The molecule has 2 N–H and O–H groups in total. The van der Waals surface area contributed by atoms with Gasteiger partial charge in [-0.25, -0.2) is 0 Å². The number of anilines is 1. The van der Waals surface area contributed by atoms with Gasteiger partial charge in [0.05, 0.1) is 12.4 Å². The second kappa shape index (κ2) is 6.60. The highest BCUT2D eigenvalue weighted by molar-refractivity contribution is 5.43. The predicted octanol–water partition coefficient (Wildman–Crippen LogP) is 1.24. The number of fused-ring (bicyclic) bond motifs is 1. The van der Waals surface area contributed by atoms with E-state index in [0.29, 0.717) is 11.7 Å². The van der Waals surface area contributed by atoms with Gasteiger partial charge in [-0.05, 0) is 23.3 Å². The van der Waals surface area contributed by atoms with Crippen LogP contribution in [0.3, 0.4) is 0 Å². The lowest BCUT2D eigenvalue weighted by molar-refractivity contribution is 0.468. The first kappa shape index (κ1) is 13.2. The van der Waals surface area contributed by atoms with E-state index in [1.54, 1.807) is 16.9 Å². The Hall–Kier alpha value is -1.76. The number of hydrogen-bond acceptors (Lipinski definition) is 6. The zero-order chi connectivity index (χ0) is 13.6. The molecule has 0 amide bonds. The van der Waals surface area contributed by atoms with Gasteiger partial charge in [-0.2, -0.15) is 4.52 Å². The van der Waals surface area contributed by atoms with Gasteiger partial charge in [-0.3, -0.25) is 4.98 Å². The maximum Gasteiger partial charge on any atom is 0.199 e. The van der Waals surface area contributed by atoms with Gasteiger partial charge in [0, 0.05) is 19.1 Å². The molecule has 1 saturated carbocycles. The Morgan fingerprint density at radius 2 is 1.95 bits per heavy atom. The summed E-state index contributed by atoms with van der Waals surface area (Å²) in [5.41, 5.74) is 0.659. The monoisotopic (exact) mass is 275 g/mol. The van der Waals surface area contributed by atoms with Gasteiger partial charge in [-0.1, -0.05) is 25.7 Å². The van der Waals surface area contributed by atoms with Crippen LogP contribution in [0.25, 0.3) is 5.65 Å². The summed E-state index contributed by atoms with van der Waals surface area (Å²) in [6.45, 7) is 1.79. The Morgan fingerprint density at radius 3 is 2.80 bits per heavy atom. The maximum atomic E-state index is 4.12. The molecule has 0 aliphatic heterocycles. The number of nitrogens with one attached hydrogen (secondary N) is 2. The number of rotatable bonds is 5. The zero-order valence-electron chi connectivity index (χ0n) is 11.6. The Kier molecular flexibility index (Phi) is 4.37. The maximum absolute atomic E-state index is 4.12. The molecule has 3 rings (SSSR count). The third-order valence-corrected chi connectivity index (χ3v) is 3.83. The minimum atomic E-state index is 0.659. The minimum Gasteiger partial charge on any atom is -0.367 e. The van der Waals surface area contributed by atoms with Crippen molar-refractivity contribution in [2.75, 3.05) is 18.4 Å². The van der Waals surface area contributed by atoms with Gasteiger partial charge in [0.25, 0.3) is 0 Å². The molecule has 20 heavy (non-hydrogen) atoms. The number of nitrogens with zero attached hydrogens (tertiary/aromatic N) is 5. The summed E-state index contributed by atoms with van der Waals surface area (Å²) in [4.78, 5) is 4.12. The summed E-state index contributed by atoms with van der Waals surface area (Å²) >= 11 is 0. The molecule has 1 fully saturated rings. The fourth-order valence-electron chi connectivity index (χ4n) is 2.75. The van der Waals surface area contributed by atoms with Crippen molar-refractivity contribution >= 4 is 11.5 Å². The van der Waals surface area contributed by atoms with E-state index in [1.165, 1.54) is 38.5 Å². The molecule has 2 aromatic rings. The van der Waals surface area contributed by atoms with Crippen molar-refractivity contribution in [2.45, 2.75) is 44.6 Å². The van der Waals surface area contributed by atoms with Gasteiger partial charge in [-0.15, -0.1) is 5.10 Å². The topological polar surface area (TPSA) is 80.0 Å². The molecule has 108 valence electrons. The van der Waals surface area contributed by atoms with Crippen molar-refractivity contribution in [3.63, 3.8) is 0 Å². The van der Waals surface area contributed by atoms with E-state index < -0.39 is 0 Å². The van der Waals surface area contributed by atoms with E-state index >= 15 is 0 Å². The molecule has 2 aromatic heterocycles. The van der Waals surface area contributed by atoms with Gasteiger partial charge >= 0.3 is 0 Å². The van der Waals surface area contributed by atoms with Crippen LogP contribution < -0.4 is 10.6 Å². The third kappa shape index (κ3) is 3.22. The van der Waals surface area contributed by atoms with Crippen LogP contribution in [0.5, 0.6) is 0 Å². The fraction of sp³-hybridized carbons (Fsp3) is 0.692. The van der Waals surface area contributed by atoms with Gasteiger partial charge in [0.1, 0.15) is 5.82 Å². The summed E-state index contributed by atoms with van der Waals surface area (Å²) < 4.78 is 1.67. The SMILES string of the molecule is c1ncc2nnnn2c1NCCNC1CCCCCC1. The Bertz CT molecular complexity index is 530. The molecule has 1 aliphatic carbocycles. The largest absolute Gasteiger partial charge is 0.367 e. The summed E-state index contributed by atoms with van der Waals surface area (Å²) in [5, 5.41) is 18.4. The fourth-order valence-corrected chi connectivity index (χ4v) is 2.75. The first-order valence-electron chi connectivity index (χ1n) is 7.43. The van der Waals surface area contributed by atoms with E-state index in [-0.39, 0.29) is 0 Å². The molecule has 0 unspecified atom stereocenters. The first-order valence-corrected chi connectivity index (χ1v) is 7.43. The lowest BCUT2D eigenvalue weighted by atomic mass is 10.1. The molecular weight excluding hydrogens is 254 g/mol. The molecule has 0 radical (unpaired) electrons. The van der Waals surface area contributed by atoms with Crippen LogP contribution in [0.1, 0.15) is 38.5 Å². The van der Waals surface area contributed by atoms with Crippen LogP contribution >= 0.6 is 0 Å². The second-order valence-electron chi connectivity index (χ2n) is 5.31. The summed E-state index contributed by atoms with van der Waals surface area (Å²) in [6.07, 6.45) is 11.5. The zero-order valence-corrected chi connectivity index (χ0v) is 11.6. The molecule has 2 heterocycles. The van der Waals surface area contributed by atoms with Crippen LogP contribution in [0.4, 0.5) is 5.82 Å². The number of hydrogen-bond donors (Lipinski definition) is 2. The summed E-state index contributed by atoms with van der Waals surface area (Å²) in [7, 11) is 0. The van der Waals surface area contributed by atoms with Crippen LogP contribution in [0, 0.1) is 0 Å². The average molecular weight is 275 g/mol. The molecule has 0 atom stereocenters. The summed E-state index contributed by atoms with van der Waals surface area (Å²) in [6, 6.07) is 0.682. The smallest absolute Gasteiger partial charge is 0.199 e. The number of aromatic nitrogens is 5. The Morgan fingerprint density at radius 1 is 1.10 bits per heavy atom. The lowest BCUT2D eigenvalue weighted by Gasteiger charge is -2.16. The Balaban J connectivity index is 1.46. The highest BCUT2D eigenvalue weighted by Gasteiger charge is 2.10. The van der Waals surface area contributed by atoms with Gasteiger partial charge in [0.2, 0.25) is 0 Å². The molecule has 0 bridgehead atoms. The van der Waals surface area contributed by atoms with Crippen molar-refractivity contribution in [3.05, 3.63) is 12.4 Å². The van der Waals surface area contributed by atoms with Crippen molar-refractivity contribution < 1.29 is 0 Å². The van der Waals surface area contributed by atoms with Gasteiger partial charge in [0.15, 0.2) is 5.65 Å². The van der Waals surface area contributed by atoms with Crippen molar-refractivity contribution in [3.8, 4) is 0 Å². The molecular formula is C13H21N7. The molecule has 1 aliphatic rings. The predicted molar refractivity (Wildman–Crippen MR) is 76.6 cm³/mol. The van der Waals surface area contributed by atoms with Crippen molar-refractivity contribution in [1.29, 1.82) is 0 Å². The molecule has 0 spiro atoms. The van der Waals surface area contributed by atoms with Crippen LogP contribution in [-0.2, 0) is 0 Å². The summed E-state index contributed by atoms with van der Waals surface area (Å²) in [5.74, 6) is 0.829. The van der Waals surface area contributed by atoms with Crippen molar-refractivity contribution in [2.24, 2.45) is 0 Å². The minimum absolute atomic E-state index is 0.659. The van der Waals surface area contributed by atoms with Crippen LogP contribution in [-0.4, -0.2) is 44.2 Å². The molecule has 0 aromatic carbocycles. The van der Waals surface area contributed by atoms with Gasteiger partial charge < -0.3 is 10.6 Å². The van der Waals surface area contributed by atoms with Crippen LogP contribution in [0.15, 0.2) is 12.4 Å². The Labute approximate surface area is 118 Å². The molecule has 7 nitrogen and oxygen atoms in total. The standard InChI is InChI=1S/C13H21N7/c1-2-4-6-11(5-3-1)15-7-8-16-12-9-14-10-13-17-18-19-20(12)13/h9-11,15-16H,1-8H2. The third-order valence-electron chi connectivity index (χ3n) is 3.83. The number of tetrazole rings is 1. The highest BCUT2D eigenvalue weighted by Crippen LogP contribution is 2.16. The van der Waals surface area contributed by atoms with Crippen LogP contribution in [0.2, 0.25) is 0 Å². The normalized spacial score (nSPS) is 17.2. The second-order valence-corrected chi connectivity index (χ2v) is 5.31. The van der Waals surface area contributed by atoms with Crippen molar-refractivity contribution in [1.82, 2.24) is 30.3 Å². The first-order chi connectivity index (χ1) is 9.93. The quantitative estimate of drug-likeness (QED) is 0.631. The lowest BCUT2D eigenvalue weighted by Crippen LogP contribution is -2.32. The van der Waals surface area contributed by atoms with E-state index in [0.717, 1.165) is 18.9 Å². The van der Waals surface area contributed by atoms with E-state index in [1.807, 2.05) is 0 Å². The highest BCUT2D eigenvalue weighted by atomic mass is 15.5.